The van der Waals surface area contributed by atoms with E-state index in [2.05, 4.69) is 29.2 Å². The molecule has 0 aliphatic heterocycles. The van der Waals surface area contributed by atoms with E-state index >= 15 is 0 Å². The highest BCUT2D eigenvalue weighted by Gasteiger charge is 1.98. The molecule has 2 nitrogen and oxygen atoms in total. The molecule has 0 amide bonds. The fourth-order valence-electron chi connectivity index (χ4n) is 0.635. The lowest BCUT2D eigenvalue weighted by molar-refractivity contribution is 1.02. The van der Waals surface area contributed by atoms with Gasteiger partial charge in [0.1, 0.15) is 6.33 Å². The van der Waals surface area contributed by atoms with Gasteiger partial charge in [0.25, 0.3) is 0 Å². The van der Waals surface area contributed by atoms with Crippen LogP contribution in [0.5, 0.6) is 0 Å². The highest BCUT2D eigenvalue weighted by atomic mass is 32.1. The first-order valence-electron chi connectivity index (χ1n) is 2.88. The maximum atomic E-state index is 4.20. The Kier molecular flexibility index (Phi) is 2.06. The minimum Gasteiger partial charge on any atom is -0.240 e. The van der Waals surface area contributed by atoms with Gasteiger partial charge in [-0.2, -0.15) is 0 Å². The van der Waals surface area contributed by atoms with Crippen LogP contribution in [-0.4, -0.2) is 9.97 Å². The van der Waals surface area contributed by atoms with Gasteiger partial charge in [-0.3, -0.25) is 0 Å². The van der Waals surface area contributed by atoms with Gasteiger partial charge in [0.15, 0.2) is 0 Å². The predicted molar refractivity (Wildman–Crippen MR) is 44.1 cm³/mol. The predicted octanol–water partition coefficient (Wildman–Crippen LogP) is 1.72. The van der Waals surface area contributed by atoms with Crippen LogP contribution in [0.25, 0.3) is 6.08 Å². The Morgan fingerprint density at radius 2 is 2.30 bits per heavy atom. The fourth-order valence-corrected chi connectivity index (χ4v) is 0.841. The standard InChI is InChI=1S/C7H8N2S/c1-3-6-7(10)5(2)8-4-9-6/h3-4,10H,1H2,2H3. The Hall–Kier alpha value is -0.830. The van der Waals surface area contributed by atoms with Crippen LogP contribution in [0, 0.1) is 6.92 Å². The number of hydrogen-bond acceptors (Lipinski definition) is 3. The van der Waals surface area contributed by atoms with Gasteiger partial charge < -0.3 is 0 Å². The van der Waals surface area contributed by atoms with Crippen molar-refractivity contribution in [2.24, 2.45) is 0 Å². The summed E-state index contributed by atoms with van der Waals surface area (Å²) in [6.07, 6.45) is 3.17. The molecular weight excluding hydrogens is 144 g/mol. The second kappa shape index (κ2) is 2.84. The molecule has 0 aliphatic carbocycles. The minimum atomic E-state index is 0.788. The van der Waals surface area contributed by atoms with Crippen molar-refractivity contribution in [1.82, 2.24) is 9.97 Å². The normalized spacial score (nSPS) is 9.40. The Labute approximate surface area is 65.4 Å². The number of aromatic nitrogens is 2. The molecule has 10 heavy (non-hydrogen) atoms. The summed E-state index contributed by atoms with van der Waals surface area (Å²) in [6, 6.07) is 0. The SMILES string of the molecule is C=Cc1ncnc(C)c1S. The van der Waals surface area contributed by atoms with Crippen LogP contribution in [0.2, 0.25) is 0 Å². The van der Waals surface area contributed by atoms with E-state index in [1.54, 1.807) is 6.08 Å². The van der Waals surface area contributed by atoms with Crippen molar-refractivity contribution in [3.63, 3.8) is 0 Å². The van der Waals surface area contributed by atoms with Crippen molar-refractivity contribution in [3.8, 4) is 0 Å². The average Bonchev–Trinajstić information content (AvgIpc) is 1.95. The molecule has 0 radical (unpaired) electrons. The zero-order valence-corrected chi connectivity index (χ0v) is 6.60. The summed E-state index contributed by atoms with van der Waals surface area (Å²) < 4.78 is 0. The molecule has 0 atom stereocenters. The summed E-state index contributed by atoms with van der Waals surface area (Å²) >= 11 is 4.20. The second-order valence-corrected chi connectivity index (χ2v) is 2.34. The summed E-state index contributed by atoms with van der Waals surface area (Å²) in [5.41, 5.74) is 1.67. The van der Waals surface area contributed by atoms with Crippen LogP contribution < -0.4 is 0 Å². The summed E-state index contributed by atoms with van der Waals surface area (Å²) in [5, 5.41) is 0. The number of nitrogens with zero attached hydrogens (tertiary/aromatic N) is 2. The van der Waals surface area contributed by atoms with Crippen LogP contribution in [0.4, 0.5) is 0 Å². The second-order valence-electron chi connectivity index (χ2n) is 1.90. The topological polar surface area (TPSA) is 25.8 Å². The van der Waals surface area contributed by atoms with E-state index in [0.717, 1.165) is 16.3 Å². The highest BCUT2D eigenvalue weighted by Crippen LogP contribution is 2.13. The van der Waals surface area contributed by atoms with Crippen molar-refractivity contribution < 1.29 is 0 Å². The van der Waals surface area contributed by atoms with Crippen LogP contribution in [0.1, 0.15) is 11.4 Å². The molecular formula is C7H8N2S. The first-order chi connectivity index (χ1) is 4.75. The molecule has 52 valence electrons. The Morgan fingerprint density at radius 1 is 1.60 bits per heavy atom. The molecule has 1 aromatic rings. The third-order valence-electron chi connectivity index (χ3n) is 1.23. The molecule has 3 heteroatoms. The van der Waals surface area contributed by atoms with Crippen molar-refractivity contribution >= 4 is 18.7 Å². The summed E-state index contributed by atoms with van der Waals surface area (Å²) in [4.78, 5) is 8.71. The van der Waals surface area contributed by atoms with Gasteiger partial charge in [-0.1, -0.05) is 6.58 Å². The number of aryl methyl sites for hydroxylation is 1. The van der Waals surface area contributed by atoms with Gasteiger partial charge in [-0.05, 0) is 13.0 Å². The molecule has 0 unspecified atom stereocenters. The van der Waals surface area contributed by atoms with Crippen molar-refractivity contribution in [2.45, 2.75) is 11.8 Å². The van der Waals surface area contributed by atoms with Gasteiger partial charge in [0.05, 0.1) is 16.3 Å². The third-order valence-corrected chi connectivity index (χ3v) is 1.78. The van der Waals surface area contributed by atoms with Crippen molar-refractivity contribution in [2.75, 3.05) is 0 Å². The van der Waals surface area contributed by atoms with Gasteiger partial charge in [-0.15, -0.1) is 12.6 Å². The molecule has 0 saturated carbocycles. The fraction of sp³-hybridized carbons (Fsp3) is 0.143. The lowest BCUT2D eigenvalue weighted by Crippen LogP contribution is -1.89. The third kappa shape index (κ3) is 1.19. The van der Waals surface area contributed by atoms with Gasteiger partial charge >= 0.3 is 0 Å². The van der Waals surface area contributed by atoms with Gasteiger partial charge in [0.2, 0.25) is 0 Å². The van der Waals surface area contributed by atoms with E-state index in [-0.39, 0.29) is 0 Å². The lowest BCUT2D eigenvalue weighted by Gasteiger charge is -1.98. The monoisotopic (exact) mass is 152 g/mol. The van der Waals surface area contributed by atoms with E-state index in [1.807, 2.05) is 6.92 Å². The Morgan fingerprint density at radius 3 is 2.80 bits per heavy atom. The highest BCUT2D eigenvalue weighted by molar-refractivity contribution is 7.80. The molecule has 0 N–H and O–H groups in total. The van der Waals surface area contributed by atoms with Crippen molar-refractivity contribution in [3.05, 3.63) is 24.3 Å². The summed E-state index contributed by atoms with van der Waals surface area (Å²) in [7, 11) is 0. The molecule has 0 bridgehead atoms. The van der Waals surface area contributed by atoms with E-state index in [1.165, 1.54) is 6.33 Å². The van der Waals surface area contributed by atoms with Crippen LogP contribution >= 0.6 is 12.6 Å². The number of thiol groups is 1. The van der Waals surface area contributed by atoms with Gasteiger partial charge in [-0.25, -0.2) is 9.97 Å². The lowest BCUT2D eigenvalue weighted by atomic mass is 10.3. The average molecular weight is 152 g/mol. The minimum absolute atomic E-state index is 0.788. The molecule has 0 aliphatic rings. The molecule has 0 fully saturated rings. The summed E-state index contributed by atoms with van der Waals surface area (Å²) in [5.74, 6) is 0. The molecule has 0 spiro atoms. The maximum Gasteiger partial charge on any atom is 0.116 e. The Bertz CT molecular complexity index is 258. The zero-order valence-electron chi connectivity index (χ0n) is 5.70. The van der Waals surface area contributed by atoms with Crippen LogP contribution in [0.15, 0.2) is 17.8 Å². The molecule has 1 rings (SSSR count). The van der Waals surface area contributed by atoms with E-state index < -0.39 is 0 Å². The zero-order chi connectivity index (χ0) is 7.56. The van der Waals surface area contributed by atoms with Gasteiger partial charge in [0, 0.05) is 0 Å². The smallest absolute Gasteiger partial charge is 0.116 e. The molecule has 1 heterocycles. The van der Waals surface area contributed by atoms with Crippen molar-refractivity contribution in [1.29, 1.82) is 0 Å². The molecule has 0 saturated heterocycles. The number of rotatable bonds is 1. The van der Waals surface area contributed by atoms with E-state index in [0.29, 0.717) is 0 Å². The maximum absolute atomic E-state index is 4.20. The first kappa shape index (κ1) is 7.28. The summed E-state index contributed by atoms with van der Waals surface area (Å²) in [6.45, 7) is 5.48. The first-order valence-corrected chi connectivity index (χ1v) is 3.33. The largest absolute Gasteiger partial charge is 0.240 e. The van der Waals surface area contributed by atoms with Crippen LogP contribution in [-0.2, 0) is 0 Å². The van der Waals surface area contributed by atoms with E-state index in [4.69, 9.17) is 0 Å². The quantitative estimate of drug-likeness (QED) is 0.620. The van der Waals surface area contributed by atoms with E-state index in [9.17, 15) is 0 Å². The molecule has 0 aromatic carbocycles. The number of hydrogen-bond donors (Lipinski definition) is 1. The Balaban J connectivity index is 3.27. The van der Waals surface area contributed by atoms with Crippen LogP contribution in [0.3, 0.4) is 0 Å². The molecule has 1 aromatic heterocycles.